The third-order valence-electron chi connectivity index (χ3n) is 2.19. The zero-order valence-corrected chi connectivity index (χ0v) is 8.94. The lowest BCUT2D eigenvalue weighted by atomic mass is 10.1. The van der Waals surface area contributed by atoms with E-state index in [2.05, 4.69) is 11.9 Å². The van der Waals surface area contributed by atoms with Crippen LogP contribution in [0.1, 0.15) is 39.0 Å². The molecule has 1 nitrogen and oxygen atoms in total. The molecule has 84 valence electrons. The second-order valence-electron chi connectivity index (χ2n) is 3.43. The van der Waals surface area contributed by atoms with Gasteiger partial charge in [-0.3, -0.25) is 0 Å². The van der Waals surface area contributed by atoms with Gasteiger partial charge in [-0.1, -0.05) is 25.8 Å². The molecule has 0 amide bonds. The topological polar surface area (TPSA) is 12.0 Å². The van der Waals surface area contributed by atoms with E-state index in [-0.39, 0.29) is 0 Å². The lowest BCUT2D eigenvalue weighted by molar-refractivity contribution is 0.0936. The molecule has 0 aliphatic rings. The van der Waals surface area contributed by atoms with Crippen molar-refractivity contribution in [3.05, 3.63) is 12.7 Å². The smallest absolute Gasteiger partial charge is 0.253 e. The summed E-state index contributed by atoms with van der Waals surface area (Å²) in [6, 6.07) is -0.622. The van der Waals surface area contributed by atoms with Gasteiger partial charge >= 0.3 is 0 Å². The highest BCUT2D eigenvalue weighted by Crippen LogP contribution is 2.11. The van der Waals surface area contributed by atoms with Crippen molar-refractivity contribution in [1.29, 1.82) is 0 Å². The first-order valence-electron chi connectivity index (χ1n) is 5.34. The molecule has 0 aliphatic carbocycles. The van der Waals surface area contributed by atoms with Crippen molar-refractivity contribution >= 4 is 0 Å². The van der Waals surface area contributed by atoms with Crippen LogP contribution in [-0.2, 0) is 0 Å². The minimum atomic E-state index is -2.24. The number of hydrogen-bond acceptors (Lipinski definition) is 1. The molecule has 0 aromatic rings. The summed E-state index contributed by atoms with van der Waals surface area (Å²) in [5.74, 6) is 0. The largest absolute Gasteiger partial charge is 0.309 e. The quantitative estimate of drug-likeness (QED) is 0.449. The van der Waals surface area contributed by atoms with Crippen LogP contribution in [0.5, 0.6) is 0 Å². The Morgan fingerprint density at radius 1 is 1.29 bits per heavy atom. The molecule has 0 heterocycles. The fraction of sp³-hybridized carbons (Fsp3) is 0.818. The van der Waals surface area contributed by atoms with E-state index in [1.165, 1.54) is 0 Å². The lowest BCUT2D eigenvalue weighted by Crippen LogP contribution is -2.35. The van der Waals surface area contributed by atoms with Gasteiger partial charge in [0.25, 0.3) is 6.43 Å². The van der Waals surface area contributed by atoms with Crippen LogP contribution < -0.4 is 5.32 Å². The summed E-state index contributed by atoms with van der Waals surface area (Å²) in [6.07, 6.45) is 4.13. The van der Waals surface area contributed by atoms with Crippen molar-refractivity contribution in [2.75, 3.05) is 6.54 Å². The Hall–Kier alpha value is -0.440. The van der Waals surface area contributed by atoms with E-state index in [1.54, 1.807) is 0 Å². The molecule has 0 radical (unpaired) electrons. The summed E-state index contributed by atoms with van der Waals surface area (Å²) in [5.41, 5.74) is 0. The number of nitrogens with one attached hydrogen (secondary N) is 1. The highest BCUT2D eigenvalue weighted by Gasteiger charge is 2.17. The number of hydrogen-bond donors (Lipinski definition) is 1. The van der Waals surface area contributed by atoms with Gasteiger partial charge < -0.3 is 5.32 Å². The number of allylic oxidation sites excluding steroid dienone is 1. The highest BCUT2D eigenvalue weighted by molar-refractivity contribution is 4.70. The predicted molar refractivity (Wildman–Crippen MR) is 56.8 cm³/mol. The zero-order chi connectivity index (χ0) is 10.8. The molecular formula is C11H21F2N. The van der Waals surface area contributed by atoms with Gasteiger partial charge in [0.15, 0.2) is 0 Å². The molecule has 0 saturated carbocycles. The molecule has 0 spiro atoms. The van der Waals surface area contributed by atoms with Gasteiger partial charge in [-0.2, -0.15) is 0 Å². The lowest BCUT2D eigenvalue weighted by Gasteiger charge is -2.16. The molecule has 1 atom stereocenters. The molecule has 0 aromatic heterocycles. The summed E-state index contributed by atoms with van der Waals surface area (Å²) < 4.78 is 24.8. The average Bonchev–Trinajstić information content (AvgIpc) is 2.15. The van der Waals surface area contributed by atoms with Crippen molar-refractivity contribution in [2.24, 2.45) is 0 Å². The van der Waals surface area contributed by atoms with Gasteiger partial charge in [-0.15, -0.1) is 6.58 Å². The second kappa shape index (κ2) is 9.13. The molecule has 0 aliphatic heterocycles. The molecular weight excluding hydrogens is 184 g/mol. The molecule has 1 unspecified atom stereocenters. The fourth-order valence-electron chi connectivity index (χ4n) is 1.41. The Bertz CT molecular complexity index is 137. The van der Waals surface area contributed by atoms with Gasteiger partial charge in [0.05, 0.1) is 6.04 Å². The van der Waals surface area contributed by atoms with Gasteiger partial charge in [-0.05, 0) is 25.8 Å². The van der Waals surface area contributed by atoms with E-state index in [0.29, 0.717) is 13.0 Å². The Morgan fingerprint density at radius 2 is 2.00 bits per heavy atom. The summed E-state index contributed by atoms with van der Waals surface area (Å²) in [5, 5.41) is 2.80. The SMILES string of the molecule is C=CCCCCCC(NCC)C(F)F. The van der Waals surface area contributed by atoms with Crippen molar-refractivity contribution in [1.82, 2.24) is 5.32 Å². The summed E-state index contributed by atoms with van der Waals surface area (Å²) in [4.78, 5) is 0. The van der Waals surface area contributed by atoms with Crippen LogP contribution in [0.3, 0.4) is 0 Å². The maximum Gasteiger partial charge on any atom is 0.253 e. The first-order valence-corrected chi connectivity index (χ1v) is 5.34. The Balaban J connectivity index is 3.45. The number of alkyl halides is 2. The normalized spacial score (nSPS) is 13.1. The Kier molecular flexibility index (Phi) is 8.84. The molecule has 0 bridgehead atoms. The standard InChI is InChI=1S/C11H21F2N/c1-3-5-6-7-8-9-10(11(12)13)14-4-2/h3,10-11,14H,1,4-9H2,2H3. The maximum atomic E-state index is 12.4. The van der Waals surface area contributed by atoms with Crippen LogP contribution in [0.15, 0.2) is 12.7 Å². The van der Waals surface area contributed by atoms with Crippen molar-refractivity contribution in [3.63, 3.8) is 0 Å². The summed E-state index contributed by atoms with van der Waals surface area (Å²) >= 11 is 0. The van der Waals surface area contributed by atoms with Gasteiger partial charge in [0.2, 0.25) is 0 Å². The van der Waals surface area contributed by atoms with E-state index < -0.39 is 12.5 Å². The van der Waals surface area contributed by atoms with E-state index >= 15 is 0 Å². The monoisotopic (exact) mass is 205 g/mol. The van der Waals surface area contributed by atoms with Crippen LogP contribution in [-0.4, -0.2) is 19.0 Å². The Labute approximate surface area is 85.6 Å². The molecule has 0 saturated heterocycles. The van der Waals surface area contributed by atoms with E-state index in [0.717, 1.165) is 25.7 Å². The van der Waals surface area contributed by atoms with E-state index in [1.807, 2.05) is 13.0 Å². The molecule has 3 heteroatoms. The predicted octanol–water partition coefficient (Wildman–Crippen LogP) is 3.37. The molecule has 14 heavy (non-hydrogen) atoms. The van der Waals surface area contributed by atoms with Gasteiger partial charge in [-0.25, -0.2) is 8.78 Å². The minimum absolute atomic E-state index is 0.572. The molecule has 0 fully saturated rings. The van der Waals surface area contributed by atoms with Crippen molar-refractivity contribution < 1.29 is 8.78 Å². The van der Waals surface area contributed by atoms with E-state index in [4.69, 9.17) is 0 Å². The zero-order valence-electron chi connectivity index (χ0n) is 8.94. The molecule has 0 rings (SSSR count). The summed E-state index contributed by atoms with van der Waals surface area (Å²) in [7, 11) is 0. The average molecular weight is 205 g/mol. The maximum absolute atomic E-state index is 12.4. The third kappa shape index (κ3) is 7.01. The Morgan fingerprint density at radius 3 is 2.50 bits per heavy atom. The first kappa shape index (κ1) is 13.6. The van der Waals surface area contributed by atoms with Crippen LogP contribution in [0.4, 0.5) is 8.78 Å². The molecule has 0 aromatic carbocycles. The van der Waals surface area contributed by atoms with E-state index in [9.17, 15) is 8.78 Å². The number of halogens is 2. The first-order chi connectivity index (χ1) is 6.72. The fourth-order valence-corrected chi connectivity index (χ4v) is 1.41. The minimum Gasteiger partial charge on any atom is -0.309 e. The molecule has 1 N–H and O–H groups in total. The third-order valence-corrected chi connectivity index (χ3v) is 2.19. The number of rotatable bonds is 9. The van der Waals surface area contributed by atoms with Gasteiger partial charge in [0.1, 0.15) is 0 Å². The van der Waals surface area contributed by atoms with Crippen LogP contribution in [0.25, 0.3) is 0 Å². The van der Waals surface area contributed by atoms with Crippen molar-refractivity contribution in [2.45, 2.75) is 51.5 Å². The second-order valence-corrected chi connectivity index (χ2v) is 3.43. The van der Waals surface area contributed by atoms with Crippen molar-refractivity contribution in [3.8, 4) is 0 Å². The van der Waals surface area contributed by atoms with Crippen LogP contribution in [0.2, 0.25) is 0 Å². The van der Waals surface area contributed by atoms with Gasteiger partial charge in [0, 0.05) is 0 Å². The number of unbranched alkanes of at least 4 members (excludes halogenated alkanes) is 3. The summed E-state index contributed by atoms with van der Waals surface area (Å²) in [6.45, 7) is 6.09. The highest BCUT2D eigenvalue weighted by atomic mass is 19.3. The van der Waals surface area contributed by atoms with Crippen LogP contribution >= 0.6 is 0 Å². The van der Waals surface area contributed by atoms with Crippen LogP contribution in [0, 0.1) is 0 Å².